The Morgan fingerprint density at radius 3 is 1.94 bits per heavy atom. The van der Waals surface area contributed by atoms with Crippen molar-refractivity contribution >= 4 is 17.5 Å². The fourth-order valence-electron chi connectivity index (χ4n) is 2.14. The van der Waals surface area contributed by atoms with E-state index >= 15 is 0 Å². The van der Waals surface area contributed by atoms with Gasteiger partial charge in [-0.3, -0.25) is 4.99 Å². The molecular weight excluding hydrogens is 206 g/mol. The van der Waals surface area contributed by atoms with Gasteiger partial charge in [0, 0.05) is 18.2 Å². The van der Waals surface area contributed by atoms with E-state index in [1.807, 2.05) is 18.3 Å². The number of aliphatic imine (C=N–C) groups is 1. The molecule has 0 spiro atoms. The number of hydrogen-bond acceptors (Lipinski definition) is 1. The molecule has 3 rings (SSSR count). The maximum absolute atomic E-state index is 4.52. The highest BCUT2D eigenvalue weighted by Crippen LogP contribution is 2.32. The van der Waals surface area contributed by atoms with Gasteiger partial charge in [-0.15, -0.1) is 0 Å². The molecule has 0 aliphatic carbocycles. The Kier molecular flexibility index (Phi) is 2.59. The summed E-state index contributed by atoms with van der Waals surface area (Å²) >= 11 is 0. The quantitative estimate of drug-likeness (QED) is 0.723. The minimum absolute atomic E-state index is 0.925. The molecule has 0 bridgehead atoms. The van der Waals surface area contributed by atoms with Crippen molar-refractivity contribution in [2.24, 2.45) is 4.99 Å². The molecule has 0 saturated carbocycles. The predicted octanol–water partition coefficient (Wildman–Crippen LogP) is 4.03. The maximum atomic E-state index is 4.52. The van der Waals surface area contributed by atoms with E-state index in [-0.39, 0.29) is 0 Å². The number of benzene rings is 2. The third kappa shape index (κ3) is 1.92. The molecule has 0 amide bonds. The molecule has 0 N–H and O–H groups in total. The topological polar surface area (TPSA) is 12.4 Å². The number of nitrogens with zero attached hydrogens (tertiary/aromatic N) is 1. The largest absolute Gasteiger partial charge is 0.260 e. The molecule has 0 unspecified atom stereocenters. The van der Waals surface area contributed by atoms with Crippen LogP contribution in [-0.2, 0) is 0 Å². The molecule has 0 saturated heterocycles. The molecule has 0 radical (unpaired) electrons. The van der Waals surface area contributed by atoms with Gasteiger partial charge in [-0.05, 0) is 11.1 Å². The minimum Gasteiger partial charge on any atom is -0.260 e. The summed E-state index contributed by atoms with van der Waals surface area (Å²) in [6.07, 6.45) is 2.92. The summed E-state index contributed by atoms with van der Waals surface area (Å²) in [6, 6.07) is 20.8. The predicted molar refractivity (Wildman–Crippen MR) is 72.8 cm³/mol. The first-order chi connectivity index (χ1) is 8.45. The average molecular weight is 219 g/mol. The maximum Gasteiger partial charge on any atom is 0.0739 e. The Balaban J connectivity index is 2.10. The highest BCUT2D eigenvalue weighted by molar-refractivity contribution is 6.02. The first kappa shape index (κ1) is 10.0. The van der Waals surface area contributed by atoms with E-state index in [1.165, 1.54) is 16.7 Å². The van der Waals surface area contributed by atoms with E-state index in [4.69, 9.17) is 0 Å². The lowest BCUT2D eigenvalue weighted by molar-refractivity contribution is 1.50. The van der Waals surface area contributed by atoms with Gasteiger partial charge in [0.05, 0.1) is 5.70 Å². The van der Waals surface area contributed by atoms with E-state index < -0.39 is 0 Å². The third-order valence-electron chi connectivity index (χ3n) is 2.97. The molecule has 17 heavy (non-hydrogen) atoms. The zero-order chi connectivity index (χ0) is 11.5. The van der Waals surface area contributed by atoms with E-state index in [9.17, 15) is 0 Å². The van der Waals surface area contributed by atoms with Crippen molar-refractivity contribution < 1.29 is 0 Å². The molecule has 0 aromatic heterocycles. The standard InChI is InChI=1S/C16H13N/c1-3-7-13(8-4-1)15-11-12-17-16(15)14-9-5-2-6-10-14/h1-10,12H,11H2. The van der Waals surface area contributed by atoms with Gasteiger partial charge in [-0.2, -0.15) is 0 Å². The summed E-state index contributed by atoms with van der Waals surface area (Å²) in [4.78, 5) is 4.52. The van der Waals surface area contributed by atoms with Crippen molar-refractivity contribution in [1.29, 1.82) is 0 Å². The van der Waals surface area contributed by atoms with Gasteiger partial charge >= 0.3 is 0 Å². The first-order valence-electron chi connectivity index (χ1n) is 5.81. The highest BCUT2D eigenvalue weighted by Gasteiger charge is 2.13. The van der Waals surface area contributed by atoms with Crippen LogP contribution in [0, 0.1) is 0 Å². The highest BCUT2D eigenvalue weighted by atomic mass is 14.8. The van der Waals surface area contributed by atoms with E-state index in [0.717, 1.165) is 12.1 Å². The van der Waals surface area contributed by atoms with Crippen molar-refractivity contribution in [3.8, 4) is 0 Å². The van der Waals surface area contributed by atoms with Crippen LogP contribution >= 0.6 is 0 Å². The molecule has 2 aromatic rings. The van der Waals surface area contributed by atoms with Crippen molar-refractivity contribution in [3.63, 3.8) is 0 Å². The molecular formula is C16H13N. The van der Waals surface area contributed by atoms with E-state index in [2.05, 4.69) is 53.5 Å². The number of hydrogen-bond donors (Lipinski definition) is 0. The summed E-state index contributed by atoms with van der Waals surface area (Å²) in [5, 5.41) is 0. The first-order valence-corrected chi connectivity index (χ1v) is 5.81. The SMILES string of the molecule is C1=NC(c2ccccc2)=C(c2ccccc2)C1. The van der Waals surface area contributed by atoms with Gasteiger partial charge < -0.3 is 0 Å². The fourth-order valence-corrected chi connectivity index (χ4v) is 2.14. The Bertz CT molecular complexity index is 565. The zero-order valence-electron chi connectivity index (χ0n) is 9.51. The second-order valence-electron chi connectivity index (χ2n) is 4.08. The van der Waals surface area contributed by atoms with Crippen molar-refractivity contribution in [1.82, 2.24) is 0 Å². The molecule has 82 valence electrons. The molecule has 1 aliphatic heterocycles. The van der Waals surface area contributed by atoms with Crippen LogP contribution < -0.4 is 0 Å². The van der Waals surface area contributed by atoms with Crippen molar-refractivity contribution in [2.45, 2.75) is 6.42 Å². The van der Waals surface area contributed by atoms with Gasteiger partial charge in [0.25, 0.3) is 0 Å². The lowest BCUT2D eigenvalue weighted by atomic mass is 9.99. The van der Waals surface area contributed by atoms with Crippen LogP contribution in [0.1, 0.15) is 17.5 Å². The summed E-state index contributed by atoms with van der Waals surface area (Å²) in [6.45, 7) is 0. The third-order valence-corrected chi connectivity index (χ3v) is 2.97. The van der Waals surface area contributed by atoms with Crippen LogP contribution in [0.4, 0.5) is 0 Å². The minimum atomic E-state index is 0.925. The van der Waals surface area contributed by atoms with Crippen LogP contribution in [0.2, 0.25) is 0 Å². The van der Waals surface area contributed by atoms with Gasteiger partial charge in [0.1, 0.15) is 0 Å². The second-order valence-corrected chi connectivity index (χ2v) is 4.08. The Labute approximate surface area is 101 Å². The van der Waals surface area contributed by atoms with E-state index in [1.54, 1.807) is 0 Å². The molecule has 0 fully saturated rings. The Morgan fingerprint density at radius 1 is 0.706 bits per heavy atom. The van der Waals surface area contributed by atoms with Crippen LogP contribution in [0.25, 0.3) is 11.3 Å². The van der Waals surface area contributed by atoms with Gasteiger partial charge in [0.2, 0.25) is 0 Å². The molecule has 1 nitrogen and oxygen atoms in total. The average Bonchev–Trinajstić information content (AvgIpc) is 2.90. The van der Waals surface area contributed by atoms with Crippen LogP contribution in [0.15, 0.2) is 65.7 Å². The van der Waals surface area contributed by atoms with Crippen LogP contribution in [0.5, 0.6) is 0 Å². The molecule has 1 heteroatoms. The van der Waals surface area contributed by atoms with Gasteiger partial charge in [-0.1, -0.05) is 60.7 Å². The lowest BCUT2D eigenvalue weighted by Crippen LogP contribution is -1.85. The van der Waals surface area contributed by atoms with Crippen molar-refractivity contribution in [3.05, 3.63) is 71.8 Å². The van der Waals surface area contributed by atoms with Crippen molar-refractivity contribution in [2.75, 3.05) is 0 Å². The van der Waals surface area contributed by atoms with E-state index in [0.29, 0.717) is 0 Å². The molecule has 2 aromatic carbocycles. The Morgan fingerprint density at radius 2 is 1.29 bits per heavy atom. The molecule has 0 atom stereocenters. The smallest absolute Gasteiger partial charge is 0.0739 e. The summed E-state index contributed by atoms with van der Waals surface area (Å²) in [5.41, 5.74) is 4.89. The number of rotatable bonds is 2. The van der Waals surface area contributed by atoms with Gasteiger partial charge in [0.15, 0.2) is 0 Å². The zero-order valence-corrected chi connectivity index (χ0v) is 9.51. The fraction of sp³-hybridized carbons (Fsp3) is 0.0625. The van der Waals surface area contributed by atoms with Crippen LogP contribution in [0.3, 0.4) is 0 Å². The summed E-state index contributed by atoms with van der Waals surface area (Å²) in [7, 11) is 0. The lowest BCUT2D eigenvalue weighted by Gasteiger charge is -2.06. The molecule has 1 aliphatic rings. The molecule has 1 heterocycles. The number of allylic oxidation sites excluding steroid dienone is 1. The monoisotopic (exact) mass is 219 g/mol. The summed E-state index contributed by atoms with van der Waals surface area (Å²) < 4.78 is 0. The van der Waals surface area contributed by atoms with Crippen LogP contribution in [-0.4, -0.2) is 6.21 Å². The normalized spacial score (nSPS) is 14.4. The van der Waals surface area contributed by atoms with Gasteiger partial charge in [-0.25, -0.2) is 0 Å². The summed E-state index contributed by atoms with van der Waals surface area (Å²) in [5.74, 6) is 0. The second kappa shape index (κ2) is 4.38. The Hall–Kier alpha value is -2.15.